The summed E-state index contributed by atoms with van der Waals surface area (Å²) in [6.45, 7) is 0. The second-order valence-electron chi connectivity index (χ2n) is 4.08. The number of carbonyl (C=O) groups excluding carboxylic acids is 1. The highest BCUT2D eigenvalue weighted by atomic mass is 79.9. The molecule has 0 saturated heterocycles. The molecule has 1 amide bonds. The van der Waals surface area contributed by atoms with E-state index in [9.17, 15) is 20.0 Å². The van der Waals surface area contributed by atoms with E-state index in [2.05, 4.69) is 31.4 Å². The van der Waals surface area contributed by atoms with Crippen molar-refractivity contribution in [2.45, 2.75) is 0 Å². The Hall–Kier alpha value is -2.81. The molecule has 1 aromatic heterocycles. The highest BCUT2D eigenvalue weighted by Gasteiger charge is 2.07. The van der Waals surface area contributed by atoms with Gasteiger partial charge in [-0.1, -0.05) is 12.1 Å². The van der Waals surface area contributed by atoms with E-state index in [1.54, 1.807) is 6.07 Å². The maximum Gasteiger partial charge on any atom is 0.272 e. The molecule has 0 radical (unpaired) electrons. The van der Waals surface area contributed by atoms with Crippen LogP contribution in [0.2, 0.25) is 0 Å². The van der Waals surface area contributed by atoms with E-state index < -0.39 is 22.3 Å². The second kappa shape index (κ2) is 6.76. The van der Waals surface area contributed by atoms with Gasteiger partial charge in [-0.05, 0) is 27.7 Å². The van der Waals surface area contributed by atoms with Crippen LogP contribution >= 0.6 is 15.9 Å². The number of aromatic nitrogens is 1. The van der Waals surface area contributed by atoms with E-state index >= 15 is 0 Å². The smallest absolute Gasteiger partial charge is 0.272 e. The van der Waals surface area contributed by atoms with Gasteiger partial charge in [-0.3, -0.25) is 19.9 Å². The number of amides is 1. The summed E-state index contributed by atoms with van der Waals surface area (Å²) in [4.78, 5) is 25.5. The molecule has 1 heterocycles. The van der Waals surface area contributed by atoms with Gasteiger partial charge in [0, 0.05) is 28.5 Å². The predicted octanol–water partition coefficient (Wildman–Crippen LogP) is 1.59. The molecule has 22 heavy (non-hydrogen) atoms. The van der Waals surface area contributed by atoms with Crippen LogP contribution < -0.4 is 10.5 Å². The van der Waals surface area contributed by atoms with Crippen LogP contribution in [0.15, 0.2) is 46.2 Å². The molecule has 2 rings (SSSR count). The summed E-state index contributed by atoms with van der Waals surface area (Å²) in [5.74, 6) is -1.17. The van der Waals surface area contributed by atoms with Crippen LogP contribution in [0.5, 0.6) is 5.75 Å². The Morgan fingerprint density at radius 1 is 1.36 bits per heavy atom. The first-order chi connectivity index (χ1) is 10.5. The van der Waals surface area contributed by atoms with Crippen LogP contribution in [0.1, 0.15) is 15.9 Å². The molecule has 0 aliphatic carbocycles. The minimum atomic E-state index is -0.772. The quantitative estimate of drug-likeness (QED) is 0.502. The number of nitrogens with one attached hydrogen (secondary N) is 1. The number of nitro benzene ring substituents is 1. The topological polar surface area (TPSA) is 121 Å². The summed E-state index contributed by atoms with van der Waals surface area (Å²) in [5.41, 5.74) is 2.33. The molecule has 0 aliphatic heterocycles. The van der Waals surface area contributed by atoms with E-state index in [4.69, 9.17) is 0 Å². The molecular formula is C13H8BrN4O4-. The van der Waals surface area contributed by atoms with Crippen molar-refractivity contribution in [1.82, 2.24) is 10.4 Å². The summed E-state index contributed by atoms with van der Waals surface area (Å²) in [5, 5.41) is 25.6. The zero-order valence-electron chi connectivity index (χ0n) is 10.9. The maximum absolute atomic E-state index is 11.8. The largest absolute Gasteiger partial charge is 0.868 e. The number of hydrogen-bond acceptors (Lipinski definition) is 6. The number of hydrazone groups is 1. The van der Waals surface area contributed by atoms with Crippen LogP contribution in [-0.2, 0) is 0 Å². The van der Waals surface area contributed by atoms with Gasteiger partial charge in [0.1, 0.15) is 0 Å². The van der Waals surface area contributed by atoms with Crippen LogP contribution in [0.25, 0.3) is 0 Å². The standard InChI is InChI=1S/C13H9BrN4O4/c14-10-4-9(6-15-7-10)13(20)17-16-5-8-1-2-12(19)11(3-8)18(21)22/h1-7,19H,(H,17,20)/p-1/b16-5-. The van der Waals surface area contributed by atoms with Crippen molar-refractivity contribution in [2.75, 3.05) is 0 Å². The van der Waals surface area contributed by atoms with E-state index in [0.717, 1.165) is 12.1 Å². The van der Waals surface area contributed by atoms with Crippen LogP contribution in [0.3, 0.4) is 0 Å². The minimum absolute atomic E-state index is 0.299. The molecule has 1 N–H and O–H groups in total. The van der Waals surface area contributed by atoms with E-state index in [0.29, 0.717) is 15.6 Å². The molecular weight excluding hydrogens is 356 g/mol. The first kappa shape index (κ1) is 15.6. The molecule has 2 aromatic rings. The minimum Gasteiger partial charge on any atom is -0.868 e. The van der Waals surface area contributed by atoms with Crippen molar-refractivity contribution in [3.05, 3.63) is 62.4 Å². The summed E-state index contributed by atoms with van der Waals surface area (Å²) < 4.78 is 0.644. The van der Waals surface area contributed by atoms with Gasteiger partial charge in [0.25, 0.3) is 11.6 Å². The highest BCUT2D eigenvalue weighted by molar-refractivity contribution is 9.10. The Bertz CT molecular complexity index is 763. The number of rotatable bonds is 4. The zero-order valence-corrected chi connectivity index (χ0v) is 12.5. The number of halogens is 1. The third-order valence-electron chi connectivity index (χ3n) is 2.53. The average molecular weight is 364 g/mol. The molecule has 0 aliphatic rings. The van der Waals surface area contributed by atoms with Gasteiger partial charge in [-0.25, -0.2) is 5.43 Å². The molecule has 8 nitrogen and oxygen atoms in total. The van der Waals surface area contributed by atoms with Crippen molar-refractivity contribution >= 4 is 33.7 Å². The van der Waals surface area contributed by atoms with Crippen molar-refractivity contribution in [2.24, 2.45) is 5.10 Å². The predicted molar refractivity (Wildman–Crippen MR) is 79.5 cm³/mol. The third kappa shape index (κ3) is 3.85. The maximum atomic E-state index is 11.8. The number of benzene rings is 1. The Labute approximate surface area is 132 Å². The molecule has 112 valence electrons. The summed E-state index contributed by atoms with van der Waals surface area (Å²) in [6, 6.07) is 5.08. The number of carbonyl (C=O) groups is 1. The summed E-state index contributed by atoms with van der Waals surface area (Å²) in [7, 11) is 0. The van der Waals surface area contributed by atoms with Gasteiger partial charge in [-0.15, -0.1) is 0 Å². The van der Waals surface area contributed by atoms with Crippen LogP contribution in [0.4, 0.5) is 5.69 Å². The Morgan fingerprint density at radius 3 is 2.82 bits per heavy atom. The lowest BCUT2D eigenvalue weighted by Gasteiger charge is -2.06. The van der Waals surface area contributed by atoms with Gasteiger partial charge in [0.2, 0.25) is 0 Å². The molecule has 0 atom stereocenters. The van der Waals surface area contributed by atoms with Crippen molar-refractivity contribution in [3.8, 4) is 5.75 Å². The zero-order chi connectivity index (χ0) is 16.1. The van der Waals surface area contributed by atoms with Gasteiger partial charge in [0.05, 0.1) is 16.7 Å². The molecule has 9 heteroatoms. The monoisotopic (exact) mass is 363 g/mol. The van der Waals surface area contributed by atoms with Crippen LogP contribution in [0, 0.1) is 10.1 Å². The fourth-order valence-corrected chi connectivity index (χ4v) is 1.89. The van der Waals surface area contributed by atoms with Gasteiger partial charge in [0.15, 0.2) is 0 Å². The SMILES string of the molecule is O=C(N/N=C\c1ccc([O-])c([N+](=O)[O-])c1)c1cncc(Br)c1. The van der Waals surface area contributed by atoms with Crippen LogP contribution in [-0.4, -0.2) is 22.0 Å². The molecule has 1 aromatic carbocycles. The normalized spacial score (nSPS) is 10.6. The third-order valence-corrected chi connectivity index (χ3v) is 2.96. The Kier molecular flexibility index (Phi) is 4.79. The van der Waals surface area contributed by atoms with E-state index in [1.165, 1.54) is 24.7 Å². The van der Waals surface area contributed by atoms with E-state index in [1.807, 2.05) is 0 Å². The highest BCUT2D eigenvalue weighted by Crippen LogP contribution is 2.22. The Balaban J connectivity index is 2.08. The van der Waals surface area contributed by atoms with Gasteiger partial charge >= 0.3 is 0 Å². The second-order valence-corrected chi connectivity index (χ2v) is 4.99. The lowest BCUT2D eigenvalue weighted by molar-refractivity contribution is -0.398. The Morgan fingerprint density at radius 2 is 2.14 bits per heavy atom. The first-order valence-corrected chi connectivity index (χ1v) is 6.66. The van der Waals surface area contributed by atoms with E-state index in [-0.39, 0.29) is 0 Å². The van der Waals surface area contributed by atoms with Crippen molar-refractivity contribution < 1.29 is 14.8 Å². The molecule has 0 unspecified atom stereocenters. The first-order valence-electron chi connectivity index (χ1n) is 5.87. The number of nitrogens with zero attached hydrogens (tertiary/aromatic N) is 3. The summed E-state index contributed by atoms with van der Waals surface area (Å²) in [6.07, 6.45) is 4.10. The molecule has 0 bridgehead atoms. The number of pyridine rings is 1. The molecule has 0 spiro atoms. The van der Waals surface area contributed by atoms with Crippen molar-refractivity contribution in [1.29, 1.82) is 0 Å². The average Bonchev–Trinajstić information content (AvgIpc) is 2.48. The van der Waals surface area contributed by atoms with Gasteiger partial charge < -0.3 is 5.11 Å². The fraction of sp³-hybridized carbons (Fsp3) is 0. The lowest BCUT2D eigenvalue weighted by Crippen LogP contribution is -2.17. The fourth-order valence-electron chi connectivity index (χ4n) is 1.52. The summed E-state index contributed by atoms with van der Waals surface area (Å²) >= 11 is 3.19. The van der Waals surface area contributed by atoms with Crippen molar-refractivity contribution in [3.63, 3.8) is 0 Å². The molecule has 0 fully saturated rings. The lowest BCUT2D eigenvalue weighted by atomic mass is 10.2. The van der Waals surface area contributed by atoms with Gasteiger partial charge in [-0.2, -0.15) is 5.10 Å². The number of nitro groups is 1. The molecule has 0 saturated carbocycles. The number of hydrogen-bond donors (Lipinski definition) is 1.